The average Bonchev–Trinajstić information content (AvgIpc) is 3.18. The van der Waals surface area contributed by atoms with E-state index in [1.165, 1.54) is 16.9 Å². The molecule has 0 radical (unpaired) electrons. The molecule has 1 N–H and O–H groups in total. The number of aryl methyl sites for hydroxylation is 1. The summed E-state index contributed by atoms with van der Waals surface area (Å²) in [6.07, 6.45) is 2.38. The van der Waals surface area contributed by atoms with Crippen molar-refractivity contribution in [2.45, 2.75) is 13.3 Å². The molecular formula is C17H15N3OS2. The van der Waals surface area contributed by atoms with E-state index in [2.05, 4.69) is 27.6 Å². The van der Waals surface area contributed by atoms with Crippen LogP contribution < -0.4 is 5.43 Å². The number of hydrogen-bond acceptors (Lipinski definition) is 5. The highest BCUT2D eigenvalue weighted by Crippen LogP contribution is 2.20. The van der Waals surface area contributed by atoms with Crippen molar-refractivity contribution in [1.29, 1.82) is 0 Å². The van der Waals surface area contributed by atoms with Gasteiger partial charge in [-0.25, -0.2) is 10.4 Å². The Bertz CT molecular complexity index is 808. The van der Waals surface area contributed by atoms with Crippen LogP contribution >= 0.6 is 22.7 Å². The van der Waals surface area contributed by atoms with Gasteiger partial charge in [0.2, 0.25) is 0 Å². The van der Waals surface area contributed by atoms with Crippen molar-refractivity contribution in [2.24, 2.45) is 5.10 Å². The van der Waals surface area contributed by atoms with E-state index < -0.39 is 0 Å². The molecule has 0 atom stereocenters. The first-order chi connectivity index (χ1) is 11.2. The smallest absolute Gasteiger partial charge is 0.266 e. The second kappa shape index (κ2) is 7.30. The SMILES string of the molecule is Cc1nc(Cc2ccccc2)sc1C(=O)NN=Cc1cccs1. The molecule has 1 amide bonds. The van der Waals surface area contributed by atoms with Gasteiger partial charge in [-0.3, -0.25) is 4.79 Å². The number of thiophene rings is 1. The number of carbonyl (C=O) groups excluding carboxylic acids is 1. The molecule has 0 unspecified atom stereocenters. The predicted molar refractivity (Wildman–Crippen MR) is 95.5 cm³/mol. The fourth-order valence-electron chi connectivity index (χ4n) is 2.08. The maximum atomic E-state index is 12.2. The van der Waals surface area contributed by atoms with E-state index in [4.69, 9.17) is 0 Å². The molecule has 0 aliphatic heterocycles. The minimum Gasteiger partial charge on any atom is -0.266 e. The van der Waals surface area contributed by atoms with Crippen LogP contribution in [0.3, 0.4) is 0 Å². The lowest BCUT2D eigenvalue weighted by atomic mass is 10.2. The molecule has 0 saturated carbocycles. The fourth-order valence-corrected chi connectivity index (χ4v) is 3.65. The van der Waals surface area contributed by atoms with E-state index in [0.717, 1.165) is 22.0 Å². The van der Waals surface area contributed by atoms with Crippen LogP contribution in [0.25, 0.3) is 0 Å². The van der Waals surface area contributed by atoms with Gasteiger partial charge in [0.25, 0.3) is 5.91 Å². The van der Waals surface area contributed by atoms with Gasteiger partial charge >= 0.3 is 0 Å². The van der Waals surface area contributed by atoms with Crippen molar-refractivity contribution in [3.8, 4) is 0 Å². The van der Waals surface area contributed by atoms with Crippen LogP contribution in [0.1, 0.15) is 30.8 Å². The predicted octanol–water partition coefficient (Wildman–Crippen LogP) is 3.87. The van der Waals surface area contributed by atoms with E-state index in [0.29, 0.717) is 4.88 Å². The number of thiazole rings is 1. The first-order valence-corrected chi connectivity index (χ1v) is 8.79. The Morgan fingerprint density at radius 3 is 2.83 bits per heavy atom. The Balaban J connectivity index is 1.66. The summed E-state index contributed by atoms with van der Waals surface area (Å²) in [6.45, 7) is 1.85. The van der Waals surface area contributed by atoms with Gasteiger partial charge in [0.15, 0.2) is 0 Å². The van der Waals surface area contributed by atoms with E-state index in [-0.39, 0.29) is 5.91 Å². The Labute approximate surface area is 142 Å². The summed E-state index contributed by atoms with van der Waals surface area (Å²) < 4.78 is 0. The Morgan fingerprint density at radius 2 is 2.09 bits per heavy atom. The van der Waals surface area contributed by atoms with Gasteiger partial charge in [0.05, 0.1) is 16.9 Å². The Morgan fingerprint density at radius 1 is 1.26 bits per heavy atom. The minimum absolute atomic E-state index is 0.216. The van der Waals surface area contributed by atoms with E-state index in [1.807, 2.05) is 42.6 Å². The number of hydrogen-bond donors (Lipinski definition) is 1. The topological polar surface area (TPSA) is 54.4 Å². The zero-order valence-electron chi connectivity index (χ0n) is 12.5. The third-order valence-electron chi connectivity index (χ3n) is 3.15. The van der Waals surface area contributed by atoms with Gasteiger partial charge in [0, 0.05) is 11.3 Å². The van der Waals surface area contributed by atoms with Gasteiger partial charge in [-0.1, -0.05) is 36.4 Å². The zero-order chi connectivity index (χ0) is 16.1. The molecule has 0 aliphatic rings. The summed E-state index contributed by atoms with van der Waals surface area (Å²) in [5, 5.41) is 6.89. The van der Waals surface area contributed by atoms with Gasteiger partial charge in [-0.2, -0.15) is 5.10 Å². The first-order valence-electron chi connectivity index (χ1n) is 7.09. The fraction of sp³-hybridized carbons (Fsp3) is 0.118. The molecule has 3 rings (SSSR count). The maximum Gasteiger partial charge on any atom is 0.283 e. The van der Waals surface area contributed by atoms with Crippen molar-refractivity contribution in [3.63, 3.8) is 0 Å². The molecule has 0 fully saturated rings. The van der Waals surface area contributed by atoms with Gasteiger partial charge < -0.3 is 0 Å². The number of aromatic nitrogens is 1. The molecule has 4 nitrogen and oxygen atoms in total. The zero-order valence-corrected chi connectivity index (χ0v) is 14.2. The monoisotopic (exact) mass is 341 g/mol. The lowest BCUT2D eigenvalue weighted by Crippen LogP contribution is -2.17. The van der Waals surface area contributed by atoms with Gasteiger partial charge in [0.1, 0.15) is 4.88 Å². The molecule has 116 valence electrons. The number of rotatable bonds is 5. The largest absolute Gasteiger partial charge is 0.283 e. The summed E-state index contributed by atoms with van der Waals surface area (Å²) in [4.78, 5) is 18.3. The lowest BCUT2D eigenvalue weighted by Gasteiger charge is -1.96. The highest BCUT2D eigenvalue weighted by atomic mass is 32.1. The molecule has 3 aromatic rings. The average molecular weight is 341 g/mol. The van der Waals surface area contributed by atoms with Gasteiger partial charge in [-0.15, -0.1) is 22.7 Å². The highest BCUT2D eigenvalue weighted by molar-refractivity contribution is 7.13. The van der Waals surface area contributed by atoms with Crippen molar-refractivity contribution >= 4 is 34.8 Å². The quantitative estimate of drug-likeness (QED) is 0.566. The van der Waals surface area contributed by atoms with Crippen LogP contribution in [0.15, 0.2) is 52.9 Å². The maximum absolute atomic E-state index is 12.2. The van der Waals surface area contributed by atoms with Crippen LogP contribution in [0.5, 0.6) is 0 Å². The van der Waals surface area contributed by atoms with E-state index >= 15 is 0 Å². The van der Waals surface area contributed by atoms with Crippen molar-refractivity contribution in [1.82, 2.24) is 10.4 Å². The molecular weight excluding hydrogens is 326 g/mol. The molecule has 0 bridgehead atoms. The molecule has 1 aromatic carbocycles. The number of benzene rings is 1. The molecule has 0 aliphatic carbocycles. The second-order valence-electron chi connectivity index (χ2n) is 4.90. The third-order valence-corrected chi connectivity index (χ3v) is 5.11. The standard InChI is InChI=1S/C17H15N3OS2/c1-12-16(17(21)20-18-11-14-8-5-9-22-14)23-15(19-12)10-13-6-3-2-4-7-13/h2-9,11H,10H2,1H3,(H,20,21). The van der Waals surface area contributed by atoms with Crippen molar-refractivity contribution in [3.05, 3.63) is 73.9 Å². The summed E-state index contributed by atoms with van der Waals surface area (Å²) >= 11 is 2.98. The molecule has 0 spiro atoms. The Hall–Kier alpha value is -2.31. The molecule has 6 heteroatoms. The normalized spacial score (nSPS) is 11.0. The first kappa shape index (κ1) is 15.6. The third kappa shape index (κ3) is 4.12. The minimum atomic E-state index is -0.216. The number of nitrogens with zero attached hydrogens (tertiary/aromatic N) is 2. The summed E-state index contributed by atoms with van der Waals surface area (Å²) in [6, 6.07) is 14.0. The molecule has 0 saturated heterocycles. The van der Waals surface area contributed by atoms with Crippen molar-refractivity contribution in [2.75, 3.05) is 0 Å². The lowest BCUT2D eigenvalue weighted by molar-refractivity contribution is 0.0958. The summed E-state index contributed by atoms with van der Waals surface area (Å²) in [7, 11) is 0. The van der Waals surface area contributed by atoms with Crippen LogP contribution in [0, 0.1) is 6.92 Å². The molecule has 23 heavy (non-hydrogen) atoms. The van der Waals surface area contributed by atoms with Gasteiger partial charge in [-0.05, 0) is 23.9 Å². The number of amides is 1. The summed E-state index contributed by atoms with van der Waals surface area (Å²) in [5.74, 6) is -0.216. The van der Waals surface area contributed by atoms with Crippen LogP contribution in [-0.4, -0.2) is 17.1 Å². The second-order valence-corrected chi connectivity index (χ2v) is 6.96. The van der Waals surface area contributed by atoms with Crippen molar-refractivity contribution < 1.29 is 4.79 Å². The van der Waals surface area contributed by atoms with E-state index in [1.54, 1.807) is 17.6 Å². The highest BCUT2D eigenvalue weighted by Gasteiger charge is 2.15. The number of carbonyl (C=O) groups is 1. The van der Waals surface area contributed by atoms with Crippen LogP contribution in [0.4, 0.5) is 0 Å². The number of nitrogens with one attached hydrogen (secondary N) is 1. The number of hydrazone groups is 1. The Kier molecular flexibility index (Phi) is 4.95. The van der Waals surface area contributed by atoms with Crippen LogP contribution in [-0.2, 0) is 6.42 Å². The summed E-state index contributed by atoms with van der Waals surface area (Å²) in [5.41, 5.74) is 4.49. The molecule has 2 aromatic heterocycles. The van der Waals surface area contributed by atoms with E-state index in [9.17, 15) is 4.79 Å². The van der Waals surface area contributed by atoms with Crippen LogP contribution in [0.2, 0.25) is 0 Å². The molecule has 2 heterocycles.